The molecule has 2 aromatic rings. The number of guanidine groups is 1. The summed E-state index contributed by atoms with van der Waals surface area (Å²) >= 11 is 0. The van der Waals surface area contributed by atoms with Gasteiger partial charge >= 0.3 is 0 Å². The zero-order valence-corrected chi connectivity index (χ0v) is 17.6. The molecule has 1 atom stereocenters. The van der Waals surface area contributed by atoms with Gasteiger partial charge in [-0.3, -0.25) is 4.90 Å². The number of benzene rings is 2. The van der Waals surface area contributed by atoms with Crippen LogP contribution in [0, 0.1) is 12.7 Å². The number of ether oxygens (including phenoxy) is 2. The van der Waals surface area contributed by atoms with Gasteiger partial charge in [0.05, 0.1) is 19.3 Å². The summed E-state index contributed by atoms with van der Waals surface area (Å²) in [7, 11) is 0. The van der Waals surface area contributed by atoms with Crippen LogP contribution in [0.1, 0.15) is 30.0 Å². The smallest absolute Gasteiger partial charge is 0.223 e. The molecule has 0 radical (unpaired) electrons. The maximum Gasteiger partial charge on any atom is 0.223 e. The zero-order chi connectivity index (χ0) is 21.2. The highest BCUT2D eigenvalue weighted by molar-refractivity contribution is 6.03. The summed E-state index contributed by atoms with van der Waals surface area (Å²) in [6.07, 6.45) is 4.06. The Bertz CT molecular complexity index is 980. The highest BCUT2D eigenvalue weighted by Crippen LogP contribution is 2.27. The van der Waals surface area contributed by atoms with E-state index in [1.807, 2.05) is 6.07 Å². The highest BCUT2D eigenvalue weighted by atomic mass is 19.1. The van der Waals surface area contributed by atoms with Gasteiger partial charge in [-0.25, -0.2) is 14.4 Å². The van der Waals surface area contributed by atoms with Crippen molar-refractivity contribution < 1.29 is 13.9 Å². The topological polar surface area (TPSA) is 58.5 Å². The molecule has 3 heterocycles. The number of piperidine rings is 1. The fourth-order valence-electron chi connectivity index (χ4n) is 4.23. The van der Waals surface area contributed by atoms with Gasteiger partial charge in [-0.2, -0.15) is 0 Å². The molecule has 0 saturated carbocycles. The van der Waals surface area contributed by atoms with Gasteiger partial charge in [0.2, 0.25) is 5.96 Å². The first-order chi connectivity index (χ1) is 15.1. The van der Waals surface area contributed by atoms with E-state index < -0.39 is 0 Å². The van der Waals surface area contributed by atoms with Crippen LogP contribution in [-0.2, 0) is 4.74 Å². The molecule has 2 fully saturated rings. The lowest BCUT2D eigenvalue weighted by molar-refractivity contribution is -0.0778. The van der Waals surface area contributed by atoms with E-state index in [-0.39, 0.29) is 18.0 Å². The average molecular weight is 423 g/mol. The first-order valence-electron chi connectivity index (χ1n) is 10.9. The summed E-state index contributed by atoms with van der Waals surface area (Å²) in [6, 6.07) is 12.9. The van der Waals surface area contributed by atoms with Crippen molar-refractivity contribution in [3.63, 3.8) is 0 Å². The minimum atomic E-state index is -0.254. The molecule has 1 unspecified atom stereocenters. The fraction of sp³-hybridized carbons (Fsp3) is 0.417. The normalized spacial score (nSPS) is 22.3. The maximum atomic E-state index is 13.2. The Labute approximate surface area is 181 Å². The Kier molecular flexibility index (Phi) is 5.70. The van der Waals surface area contributed by atoms with Gasteiger partial charge in [-0.1, -0.05) is 12.1 Å². The molecule has 0 spiro atoms. The van der Waals surface area contributed by atoms with E-state index in [0.717, 1.165) is 61.7 Å². The monoisotopic (exact) mass is 422 g/mol. The largest absolute Gasteiger partial charge is 0.490 e. The molecule has 0 bridgehead atoms. The number of nitrogens with one attached hydrogen (secondary N) is 1. The SMILES string of the molecule is Cc1cc(NC2=NC(c3ccc(F)cc3)C=N2)cc(OC2CCN(C3COC3)CC2)c1. The van der Waals surface area contributed by atoms with Crippen LogP contribution in [0.2, 0.25) is 0 Å². The standard InChI is InChI=1S/C24H27FN4O2/c1-16-10-19(27-24-26-13-23(28-24)17-2-4-18(25)5-3-17)12-22(11-16)31-21-6-8-29(9-7-21)20-14-30-15-20/h2-5,10-13,20-21,23H,6-9,14-15H2,1H3,(H,27,28). The summed E-state index contributed by atoms with van der Waals surface area (Å²) in [5.41, 5.74) is 2.92. The number of rotatable bonds is 5. The lowest BCUT2D eigenvalue weighted by Gasteiger charge is -2.41. The van der Waals surface area contributed by atoms with Crippen molar-refractivity contribution in [3.8, 4) is 5.75 Å². The van der Waals surface area contributed by atoms with Crippen molar-refractivity contribution in [2.24, 2.45) is 9.98 Å². The van der Waals surface area contributed by atoms with Crippen molar-refractivity contribution in [3.05, 3.63) is 59.4 Å². The Morgan fingerprint density at radius 3 is 2.58 bits per heavy atom. The third-order valence-corrected chi connectivity index (χ3v) is 6.03. The van der Waals surface area contributed by atoms with Crippen molar-refractivity contribution in [2.45, 2.75) is 38.0 Å². The van der Waals surface area contributed by atoms with Crippen LogP contribution in [0.15, 0.2) is 52.4 Å². The van der Waals surface area contributed by atoms with Crippen LogP contribution in [0.4, 0.5) is 10.1 Å². The Balaban J connectivity index is 1.20. The molecule has 0 aromatic heterocycles. The highest BCUT2D eigenvalue weighted by Gasteiger charge is 2.30. The van der Waals surface area contributed by atoms with E-state index in [1.165, 1.54) is 12.1 Å². The second-order valence-corrected chi connectivity index (χ2v) is 8.43. The third kappa shape index (κ3) is 4.78. The molecule has 7 heteroatoms. The molecule has 3 aliphatic heterocycles. The molecule has 5 rings (SSSR count). The third-order valence-electron chi connectivity index (χ3n) is 6.03. The molecule has 31 heavy (non-hydrogen) atoms. The number of hydrogen-bond acceptors (Lipinski definition) is 6. The number of anilines is 1. The lowest BCUT2D eigenvalue weighted by atomic mass is 10.0. The molecule has 0 aliphatic carbocycles. The minimum absolute atomic E-state index is 0.199. The molecule has 162 valence electrons. The summed E-state index contributed by atoms with van der Waals surface area (Å²) in [5, 5.41) is 3.28. The first kappa shape index (κ1) is 20.2. The summed E-state index contributed by atoms with van der Waals surface area (Å²) in [5.74, 6) is 1.16. The summed E-state index contributed by atoms with van der Waals surface area (Å²) in [4.78, 5) is 11.5. The average Bonchev–Trinajstić information content (AvgIpc) is 3.16. The molecule has 3 aliphatic rings. The van der Waals surface area contributed by atoms with Crippen LogP contribution in [-0.4, -0.2) is 55.5 Å². The van der Waals surface area contributed by atoms with Crippen LogP contribution in [0.5, 0.6) is 5.75 Å². The second-order valence-electron chi connectivity index (χ2n) is 8.43. The molecule has 1 N–H and O–H groups in total. The van der Waals surface area contributed by atoms with Crippen molar-refractivity contribution in [1.82, 2.24) is 4.90 Å². The van der Waals surface area contributed by atoms with E-state index in [2.05, 4.69) is 39.3 Å². The van der Waals surface area contributed by atoms with Crippen molar-refractivity contribution in [1.29, 1.82) is 0 Å². The van der Waals surface area contributed by atoms with Crippen molar-refractivity contribution in [2.75, 3.05) is 31.6 Å². The number of likely N-dealkylation sites (tertiary alicyclic amines) is 1. The maximum absolute atomic E-state index is 13.2. The van der Waals surface area contributed by atoms with Crippen molar-refractivity contribution >= 4 is 17.9 Å². The fourth-order valence-corrected chi connectivity index (χ4v) is 4.23. The van der Waals surface area contributed by atoms with E-state index in [9.17, 15) is 4.39 Å². The summed E-state index contributed by atoms with van der Waals surface area (Å²) < 4.78 is 24.8. The number of aliphatic imine (C=N–C) groups is 2. The van der Waals surface area contributed by atoms with Gasteiger partial charge in [0.25, 0.3) is 0 Å². The lowest BCUT2D eigenvalue weighted by Crippen LogP contribution is -2.52. The van der Waals surface area contributed by atoms with Crippen LogP contribution < -0.4 is 10.1 Å². The second kappa shape index (κ2) is 8.77. The Hall–Kier alpha value is -2.77. The summed E-state index contributed by atoms with van der Waals surface area (Å²) in [6.45, 7) is 5.91. The van der Waals surface area contributed by atoms with Gasteiger partial charge in [0.15, 0.2) is 0 Å². The van der Waals surface area contributed by atoms with E-state index >= 15 is 0 Å². The van der Waals surface area contributed by atoms with Gasteiger partial charge in [0, 0.05) is 31.1 Å². The molecular weight excluding hydrogens is 395 g/mol. The van der Waals surface area contributed by atoms with Crippen LogP contribution in [0.25, 0.3) is 0 Å². The van der Waals surface area contributed by atoms with Gasteiger partial charge in [0.1, 0.15) is 23.7 Å². The molecule has 0 amide bonds. The van der Waals surface area contributed by atoms with Crippen LogP contribution in [0.3, 0.4) is 0 Å². The van der Waals surface area contributed by atoms with Gasteiger partial charge < -0.3 is 14.8 Å². The number of aryl methyl sites for hydroxylation is 1. The molecule has 6 nitrogen and oxygen atoms in total. The van der Waals surface area contributed by atoms with E-state index in [1.54, 1.807) is 18.3 Å². The van der Waals surface area contributed by atoms with Gasteiger partial charge in [-0.15, -0.1) is 0 Å². The zero-order valence-electron chi connectivity index (χ0n) is 17.6. The first-order valence-corrected chi connectivity index (χ1v) is 10.9. The van der Waals surface area contributed by atoms with Gasteiger partial charge in [-0.05, 0) is 55.2 Å². The van der Waals surface area contributed by atoms with E-state index in [4.69, 9.17) is 9.47 Å². The number of hydrogen-bond donors (Lipinski definition) is 1. The van der Waals surface area contributed by atoms with E-state index in [0.29, 0.717) is 12.0 Å². The molecule has 2 saturated heterocycles. The van der Waals surface area contributed by atoms with Crippen LogP contribution >= 0.6 is 0 Å². The Morgan fingerprint density at radius 1 is 1.10 bits per heavy atom. The minimum Gasteiger partial charge on any atom is -0.490 e. The Morgan fingerprint density at radius 2 is 1.87 bits per heavy atom. The predicted octanol–water partition coefficient (Wildman–Crippen LogP) is 3.97. The molecule has 2 aromatic carbocycles. The number of nitrogens with zero attached hydrogens (tertiary/aromatic N) is 3. The quantitative estimate of drug-likeness (QED) is 0.792. The molecular formula is C24H27FN4O2. The number of halogens is 1. The predicted molar refractivity (Wildman–Crippen MR) is 120 cm³/mol.